The van der Waals surface area contributed by atoms with E-state index in [0.717, 1.165) is 36.4 Å². The quantitative estimate of drug-likeness (QED) is 0.226. The van der Waals surface area contributed by atoms with Crippen LogP contribution < -0.4 is 9.62 Å². The third-order valence-corrected chi connectivity index (χ3v) is 11.7. The van der Waals surface area contributed by atoms with Gasteiger partial charge in [0.05, 0.1) is 32.6 Å². The van der Waals surface area contributed by atoms with Crippen LogP contribution in [0.5, 0.6) is 0 Å². The van der Waals surface area contributed by atoms with Crippen molar-refractivity contribution in [2.45, 2.75) is 49.4 Å². The molecular weight excluding hydrogens is 703 g/mol. The fourth-order valence-electron chi connectivity index (χ4n) is 6.63. The standard InChI is InChI=1S/C33H33Cl2F6N3O3S/c1-43(30(45)23-15-24(32(36,37)38)18-25(16-23)33(39,40)41)19-22(21-8-9-27(34)28(35)17-21)5-4-14-48(46,47)44-20-31(10-12-42-13-11-31)26-6-2-3-7-29(26)44/h2-3,6-9,15-18,22,42H,4-5,10-14,19-20H2,1H3/t22-/m1/s1. The van der Waals surface area contributed by atoms with Crippen molar-refractivity contribution < 1.29 is 39.6 Å². The third-order valence-electron chi connectivity index (χ3n) is 9.13. The molecule has 0 unspecified atom stereocenters. The maximum absolute atomic E-state index is 13.8. The molecule has 3 aromatic rings. The number of halogens is 8. The first-order valence-corrected chi connectivity index (χ1v) is 17.6. The largest absolute Gasteiger partial charge is 0.416 e. The normalized spacial score (nSPS) is 17.0. The monoisotopic (exact) mass is 735 g/mol. The number of nitrogens with one attached hydrogen (secondary N) is 1. The number of fused-ring (bicyclic) bond motifs is 2. The number of alkyl halides is 6. The Hall–Kier alpha value is -3.00. The molecule has 1 atom stereocenters. The minimum Gasteiger partial charge on any atom is -0.341 e. The van der Waals surface area contributed by atoms with E-state index in [1.807, 2.05) is 12.1 Å². The zero-order valence-corrected chi connectivity index (χ0v) is 28.1. The Bertz CT molecular complexity index is 1750. The van der Waals surface area contributed by atoms with Crippen LogP contribution in [0.15, 0.2) is 60.7 Å². The highest BCUT2D eigenvalue weighted by molar-refractivity contribution is 7.92. The molecule has 48 heavy (non-hydrogen) atoms. The predicted octanol–water partition coefficient (Wildman–Crippen LogP) is 8.14. The van der Waals surface area contributed by atoms with Crippen LogP contribution in [0.1, 0.15) is 64.2 Å². The van der Waals surface area contributed by atoms with Crippen molar-refractivity contribution in [1.29, 1.82) is 0 Å². The summed E-state index contributed by atoms with van der Waals surface area (Å²) in [6.07, 6.45) is -8.29. The Morgan fingerprint density at radius 2 is 1.56 bits per heavy atom. The molecule has 2 aliphatic heterocycles. The summed E-state index contributed by atoms with van der Waals surface area (Å²) in [5, 5.41) is 3.76. The molecule has 0 saturated carbocycles. The van der Waals surface area contributed by atoms with E-state index < -0.39 is 50.9 Å². The van der Waals surface area contributed by atoms with Crippen molar-refractivity contribution in [3.63, 3.8) is 0 Å². The average Bonchev–Trinajstić information content (AvgIpc) is 3.35. The fraction of sp³-hybridized carbons (Fsp3) is 0.424. The molecule has 6 nitrogen and oxygen atoms in total. The van der Waals surface area contributed by atoms with E-state index in [2.05, 4.69) is 5.32 Å². The van der Waals surface area contributed by atoms with Crippen LogP contribution in [0.4, 0.5) is 32.0 Å². The van der Waals surface area contributed by atoms with Crippen LogP contribution in [0.25, 0.3) is 0 Å². The van der Waals surface area contributed by atoms with Crippen molar-refractivity contribution in [1.82, 2.24) is 10.2 Å². The van der Waals surface area contributed by atoms with Gasteiger partial charge in [-0.25, -0.2) is 8.42 Å². The van der Waals surface area contributed by atoms with E-state index in [0.29, 0.717) is 29.9 Å². The van der Waals surface area contributed by atoms with Crippen LogP contribution in [0.3, 0.4) is 0 Å². The molecule has 2 heterocycles. The molecular formula is C33H33Cl2F6N3O3S. The molecule has 15 heteroatoms. The summed E-state index contributed by atoms with van der Waals surface area (Å²) in [5.74, 6) is -1.88. The molecule has 3 aromatic carbocycles. The Morgan fingerprint density at radius 1 is 0.938 bits per heavy atom. The predicted molar refractivity (Wildman–Crippen MR) is 173 cm³/mol. The summed E-state index contributed by atoms with van der Waals surface area (Å²) in [6, 6.07) is 12.9. The lowest BCUT2D eigenvalue weighted by atomic mass is 9.75. The number of likely N-dealkylation sites (N-methyl/N-ethyl adjacent to an activating group) is 1. The second-order valence-corrected chi connectivity index (χ2v) is 15.2. The number of sulfonamides is 1. The number of nitrogens with zero attached hydrogens (tertiary/aromatic N) is 2. The zero-order valence-electron chi connectivity index (χ0n) is 25.8. The van der Waals surface area contributed by atoms with Gasteiger partial charge < -0.3 is 10.2 Å². The summed E-state index contributed by atoms with van der Waals surface area (Å²) < 4.78 is 110. The van der Waals surface area contributed by atoms with Gasteiger partial charge in [0, 0.05) is 37.0 Å². The van der Waals surface area contributed by atoms with E-state index in [-0.39, 0.29) is 46.7 Å². The van der Waals surface area contributed by atoms with Gasteiger partial charge in [0.2, 0.25) is 10.0 Å². The van der Waals surface area contributed by atoms with E-state index in [1.54, 1.807) is 24.3 Å². The molecule has 0 radical (unpaired) electrons. The highest BCUT2D eigenvalue weighted by Gasteiger charge is 2.46. The van der Waals surface area contributed by atoms with Crippen LogP contribution in [0, 0.1) is 0 Å². The number of anilines is 1. The van der Waals surface area contributed by atoms with Gasteiger partial charge in [0.25, 0.3) is 5.91 Å². The summed E-state index contributed by atoms with van der Waals surface area (Å²) in [5.41, 5.74) is -2.03. The van der Waals surface area contributed by atoms with Crippen molar-refractivity contribution in [3.8, 4) is 0 Å². The SMILES string of the molecule is CN(C[C@@H](CCCS(=O)(=O)N1CC2(CCNCC2)c2ccccc21)c1ccc(Cl)c(Cl)c1)C(=O)c1cc(C(F)(F)F)cc(C(F)(F)F)c1. The second-order valence-electron chi connectivity index (χ2n) is 12.4. The molecule has 1 spiro atoms. The minimum absolute atomic E-state index is 0.0402. The smallest absolute Gasteiger partial charge is 0.341 e. The summed E-state index contributed by atoms with van der Waals surface area (Å²) >= 11 is 12.3. The Kier molecular flexibility index (Phi) is 10.4. The van der Waals surface area contributed by atoms with Gasteiger partial charge in [-0.05, 0) is 86.3 Å². The zero-order chi connectivity index (χ0) is 35.1. The first-order valence-electron chi connectivity index (χ1n) is 15.2. The number of benzene rings is 3. The molecule has 5 rings (SSSR count). The lowest BCUT2D eigenvalue weighted by Crippen LogP contribution is -2.44. The molecule has 0 aromatic heterocycles. The maximum Gasteiger partial charge on any atom is 0.416 e. The summed E-state index contributed by atoms with van der Waals surface area (Å²) in [6.45, 7) is 1.73. The van der Waals surface area contributed by atoms with Gasteiger partial charge in [-0.15, -0.1) is 0 Å². The first-order chi connectivity index (χ1) is 22.4. The number of carbonyl (C=O) groups is 1. The van der Waals surface area contributed by atoms with Crippen molar-refractivity contribution >= 4 is 44.8 Å². The molecule has 1 saturated heterocycles. The summed E-state index contributed by atoms with van der Waals surface area (Å²) in [4.78, 5) is 14.3. The molecule has 0 bridgehead atoms. The number of rotatable bonds is 9. The topological polar surface area (TPSA) is 69.7 Å². The van der Waals surface area contributed by atoms with Crippen LogP contribution in [0.2, 0.25) is 10.0 Å². The van der Waals surface area contributed by atoms with Crippen molar-refractivity contribution in [3.05, 3.63) is 98.5 Å². The molecule has 0 aliphatic carbocycles. The van der Waals surface area contributed by atoms with Crippen LogP contribution in [-0.2, 0) is 27.8 Å². The van der Waals surface area contributed by atoms with E-state index >= 15 is 0 Å². The highest BCUT2D eigenvalue weighted by Crippen LogP contribution is 2.47. The first kappa shape index (κ1) is 36.3. The van der Waals surface area contributed by atoms with E-state index in [1.165, 1.54) is 17.4 Å². The number of amides is 1. The Labute approximate surface area is 285 Å². The van der Waals surface area contributed by atoms with Gasteiger partial charge in [-0.3, -0.25) is 9.10 Å². The van der Waals surface area contributed by atoms with Crippen LogP contribution in [-0.4, -0.2) is 58.2 Å². The van der Waals surface area contributed by atoms with E-state index in [9.17, 15) is 39.6 Å². The Morgan fingerprint density at radius 3 is 2.17 bits per heavy atom. The lowest BCUT2D eigenvalue weighted by molar-refractivity contribution is -0.143. The molecule has 1 amide bonds. The maximum atomic E-state index is 13.8. The number of para-hydroxylation sites is 1. The van der Waals surface area contributed by atoms with Crippen molar-refractivity contribution in [2.24, 2.45) is 0 Å². The second kappa shape index (κ2) is 13.7. The van der Waals surface area contributed by atoms with Crippen molar-refractivity contribution in [2.75, 3.05) is 43.3 Å². The number of hydrogen-bond donors (Lipinski definition) is 1. The molecule has 1 N–H and O–H groups in total. The lowest BCUT2D eigenvalue weighted by Gasteiger charge is -2.34. The number of carbonyl (C=O) groups excluding carboxylic acids is 1. The van der Waals surface area contributed by atoms with Gasteiger partial charge in [-0.1, -0.05) is 47.5 Å². The number of piperidine rings is 1. The van der Waals surface area contributed by atoms with E-state index in [4.69, 9.17) is 23.2 Å². The number of hydrogen-bond acceptors (Lipinski definition) is 4. The molecule has 2 aliphatic rings. The third kappa shape index (κ3) is 7.74. The van der Waals surface area contributed by atoms with Gasteiger partial charge >= 0.3 is 12.4 Å². The summed E-state index contributed by atoms with van der Waals surface area (Å²) in [7, 11) is -2.53. The van der Waals surface area contributed by atoms with Gasteiger partial charge in [0.15, 0.2) is 0 Å². The van der Waals surface area contributed by atoms with Crippen LogP contribution >= 0.6 is 23.2 Å². The average molecular weight is 737 g/mol. The molecule has 260 valence electrons. The Balaban J connectivity index is 1.36. The fourth-order valence-corrected chi connectivity index (χ4v) is 8.59. The van der Waals surface area contributed by atoms with Gasteiger partial charge in [0.1, 0.15) is 0 Å². The molecule has 1 fully saturated rings. The highest BCUT2D eigenvalue weighted by atomic mass is 35.5. The van der Waals surface area contributed by atoms with Gasteiger partial charge in [-0.2, -0.15) is 26.3 Å². The minimum atomic E-state index is -5.12.